The van der Waals surface area contributed by atoms with Crippen molar-refractivity contribution in [2.24, 2.45) is 5.41 Å². The van der Waals surface area contributed by atoms with Gasteiger partial charge in [0, 0.05) is 24.0 Å². The number of anilines is 1. The molecule has 1 aromatic carbocycles. The zero-order valence-electron chi connectivity index (χ0n) is 21.5. The molecule has 0 unspecified atom stereocenters. The first-order valence-corrected chi connectivity index (χ1v) is 12.7. The Balaban J connectivity index is 1.57. The van der Waals surface area contributed by atoms with Gasteiger partial charge in [-0.05, 0) is 94.6 Å². The molecule has 1 aromatic heterocycles. The second-order valence-corrected chi connectivity index (χ2v) is 11.1. The fourth-order valence-electron chi connectivity index (χ4n) is 4.85. The van der Waals surface area contributed by atoms with Gasteiger partial charge in [0.1, 0.15) is 0 Å². The molecule has 1 aliphatic carbocycles. The molecule has 2 heterocycles. The zero-order valence-corrected chi connectivity index (χ0v) is 21.5. The van der Waals surface area contributed by atoms with Crippen LogP contribution in [0, 0.1) is 12.3 Å². The van der Waals surface area contributed by atoms with Crippen LogP contribution in [0.2, 0.25) is 0 Å². The lowest BCUT2D eigenvalue weighted by atomic mass is 9.76. The van der Waals surface area contributed by atoms with E-state index in [1.165, 1.54) is 31.5 Å². The number of rotatable bonds is 8. The molecule has 0 spiro atoms. The van der Waals surface area contributed by atoms with E-state index in [2.05, 4.69) is 66.1 Å². The number of nitrogens with zero attached hydrogens (tertiary/aromatic N) is 2. The number of imidazole rings is 1. The highest BCUT2D eigenvalue weighted by molar-refractivity contribution is 6.03. The van der Waals surface area contributed by atoms with E-state index in [4.69, 9.17) is 4.74 Å². The van der Waals surface area contributed by atoms with Gasteiger partial charge in [0.2, 0.25) is 0 Å². The zero-order chi connectivity index (χ0) is 24.3. The first-order valence-electron chi connectivity index (χ1n) is 12.7. The van der Waals surface area contributed by atoms with Crippen LogP contribution in [0.25, 0.3) is 5.57 Å². The number of H-pyrrole nitrogens is 1. The number of allylic oxidation sites excluding steroid dienone is 2. The summed E-state index contributed by atoms with van der Waals surface area (Å²) in [5, 5.41) is 3.10. The van der Waals surface area contributed by atoms with Gasteiger partial charge in [-0.25, -0.2) is 4.98 Å². The molecule has 0 atom stereocenters. The number of carbonyl (C=O) groups excluding carboxylic acids is 1. The standard InChI is InChI=1S/C28H40N4O2/c1-20-19-29-25(30-20)26(33)31-24-9-8-22(18-23(24)21-10-12-27(2,3)13-11-21)28(4,5)34-17-16-32-14-6-7-15-32/h8-10,18-19H,6-7,11-17H2,1-5H3,(H,29,30)(H,31,33). The molecular formula is C28H40N4O2. The number of nitrogens with one attached hydrogen (secondary N) is 2. The molecule has 34 heavy (non-hydrogen) atoms. The van der Waals surface area contributed by atoms with Gasteiger partial charge in [-0.15, -0.1) is 0 Å². The van der Waals surface area contributed by atoms with Crippen LogP contribution in [-0.2, 0) is 10.3 Å². The Morgan fingerprint density at radius 1 is 1.26 bits per heavy atom. The second kappa shape index (κ2) is 10.0. The summed E-state index contributed by atoms with van der Waals surface area (Å²) in [5.41, 5.74) is 5.02. The van der Waals surface area contributed by atoms with Crippen LogP contribution in [0.5, 0.6) is 0 Å². The number of aromatic nitrogens is 2. The van der Waals surface area contributed by atoms with Crippen molar-refractivity contribution >= 4 is 17.2 Å². The van der Waals surface area contributed by atoms with E-state index in [-0.39, 0.29) is 5.91 Å². The number of ether oxygens (including phenoxy) is 1. The lowest BCUT2D eigenvalue weighted by Gasteiger charge is -2.31. The summed E-state index contributed by atoms with van der Waals surface area (Å²) < 4.78 is 6.38. The van der Waals surface area contributed by atoms with Crippen molar-refractivity contribution in [1.82, 2.24) is 14.9 Å². The van der Waals surface area contributed by atoms with Crippen LogP contribution in [0.1, 0.15) is 87.2 Å². The highest BCUT2D eigenvalue weighted by atomic mass is 16.5. The van der Waals surface area contributed by atoms with Crippen molar-refractivity contribution in [2.75, 3.05) is 31.6 Å². The van der Waals surface area contributed by atoms with Gasteiger partial charge in [0.05, 0.1) is 17.9 Å². The minimum Gasteiger partial charge on any atom is -0.370 e. The van der Waals surface area contributed by atoms with Crippen molar-refractivity contribution in [3.05, 3.63) is 53.1 Å². The van der Waals surface area contributed by atoms with Gasteiger partial charge in [-0.3, -0.25) is 4.79 Å². The van der Waals surface area contributed by atoms with Crippen molar-refractivity contribution in [1.29, 1.82) is 0 Å². The fraction of sp³-hybridized carbons (Fsp3) is 0.571. The maximum absolute atomic E-state index is 12.9. The molecule has 0 bridgehead atoms. The summed E-state index contributed by atoms with van der Waals surface area (Å²) in [6, 6.07) is 6.31. The van der Waals surface area contributed by atoms with Crippen molar-refractivity contribution < 1.29 is 9.53 Å². The van der Waals surface area contributed by atoms with Crippen LogP contribution in [0.15, 0.2) is 30.5 Å². The van der Waals surface area contributed by atoms with E-state index in [0.717, 1.165) is 54.9 Å². The predicted octanol–water partition coefficient (Wildman–Crippen LogP) is 5.91. The Morgan fingerprint density at radius 2 is 2.03 bits per heavy atom. The first kappa shape index (κ1) is 24.7. The van der Waals surface area contributed by atoms with Crippen molar-refractivity contribution in [3.8, 4) is 0 Å². The number of aromatic amines is 1. The third-order valence-corrected chi connectivity index (χ3v) is 7.27. The Bertz CT molecular complexity index is 1040. The minimum absolute atomic E-state index is 0.222. The number of likely N-dealkylation sites (tertiary alicyclic amines) is 1. The van der Waals surface area contributed by atoms with Crippen molar-refractivity contribution in [3.63, 3.8) is 0 Å². The summed E-state index contributed by atoms with van der Waals surface area (Å²) in [5.74, 6) is 0.108. The molecule has 4 rings (SSSR count). The Morgan fingerprint density at radius 3 is 2.68 bits per heavy atom. The van der Waals surface area contributed by atoms with Crippen molar-refractivity contribution in [2.45, 2.75) is 72.3 Å². The average molecular weight is 465 g/mol. The van der Waals surface area contributed by atoms with Gasteiger partial charge >= 0.3 is 0 Å². The fourth-order valence-corrected chi connectivity index (χ4v) is 4.85. The normalized spacial score (nSPS) is 18.7. The third-order valence-electron chi connectivity index (χ3n) is 7.27. The number of aryl methyl sites for hydroxylation is 1. The molecule has 2 aromatic rings. The molecule has 2 N–H and O–H groups in total. The van der Waals surface area contributed by atoms with E-state index >= 15 is 0 Å². The van der Waals surface area contributed by atoms with E-state index in [1.54, 1.807) is 6.20 Å². The number of hydrogen-bond donors (Lipinski definition) is 2. The lowest BCUT2D eigenvalue weighted by Crippen LogP contribution is -2.29. The first-order chi connectivity index (χ1) is 16.1. The van der Waals surface area contributed by atoms with E-state index < -0.39 is 5.60 Å². The second-order valence-electron chi connectivity index (χ2n) is 11.1. The smallest absolute Gasteiger partial charge is 0.291 e. The number of carbonyl (C=O) groups is 1. The largest absolute Gasteiger partial charge is 0.370 e. The molecule has 1 fully saturated rings. The quantitative estimate of drug-likeness (QED) is 0.509. The van der Waals surface area contributed by atoms with Gasteiger partial charge in [0.25, 0.3) is 5.91 Å². The minimum atomic E-state index is -0.413. The van der Waals surface area contributed by atoms with Crippen LogP contribution in [0.4, 0.5) is 5.69 Å². The molecule has 6 nitrogen and oxygen atoms in total. The van der Waals surface area contributed by atoms with Gasteiger partial charge in [-0.1, -0.05) is 26.0 Å². The molecule has 184 valence electrons. The van der Waals surface area contributed by atoms with Gasteiger partial charge < -0.3 is 19.9 Å². The molecule has 2 aliphatic rings. The number of hydrogen-bond acceptors (Lipinski definition) is 4. The summed E-state index contributed by atoms with van der Waals surface area (Å²) in [4.78, 5) is 22.6. The van der Waals surface area contributed by atoms with Crippen LogP contribution in [0.3, 0.4) is 0 Å². The number of amides is 1. The van der Waals surface area contributed by atoms with Crippen LogP contribution >= 0.6 is 0 Å². The Hall–Kier alpha value is -2.44. The number of benzene rings is 1. The van der Waals surface area contributed by atoms with Crippen LogP contribution in [-0.4, -0.2) is 47.0 Å². The molecule has 6 heteroatoms. The summed E-state index contributed by atoms with van der Waals surface area (Å²) in [7, 11) is 0. The highest BCUT2D eigenvalue weighted by Crippen LogP contribution is 2.41. The SMILES string of the molecule is Cc1c[nH]c(C(=O)Nc2ccc(C(C)(C)OCCN3CCCC3)cc2C2=CCC(C)(C)CC2)n1. The average Bonchev–Trinajstić information content (AvgIpc) is 3.46. The predicted molar refractivity (Wildman–Crippen MR) is 138 cm³/mol. The van der Waals surface area contributed by atoms with Crippen LogP contribution < -0.4 is 5.32 Å². The lowest BCUT2D eigenvalue weighted by molar-refractivity contribution is -0.0288. The highest BCUT2D eigenvalue weighted by Gasteiger charge is 2.27. The molecule has 0 saturated carbocycles. The topological polar surface area (TPSA) is 70.2 Å². The monoisotopic (exact) mass is 464 g/mol. The molecule has 1 aliphatic heterocycles. The maximum atomic E-state index is 12.9. The maximum Gasteiger partial charge on any atom is 0.291 e. The third kappa shape index (κ3) is 5.97. The summed E-state index contributed by atoms with van der Waals surface area (Å²) >= 11 is 0. The van der Waals surface area contributed by atoms with Gasteiger partial charge in [-0.2, -0.15) is 0 Å². The summed E-state index contributed by atoms with van der Waals surface area (Å²) in [6.07, 6.45) is 9.84. The Kier molecular flexibility index (Phi) is 7.29. The molecular weight excluding hydrogens is 424 g/mol. The van der Waals surface area contributed by atoms with E-state index in [9.17, 15) is 4.79 Å². The molecule has 1 saturated heterocycles. The Labute approximate surface area is 204 Å². The van der Waals surface area contributed by atoms with E-state index in [0.29, 0.717) is 11.2 Å². The summed E-state index contributed by atoms with van der Waals surface area (Å²) in [6.45, 7) is 14.8. The molecule has 0 radical (unpaired) electrons. The molecule has 1 amide bonds. The van der Waals surface area contributed by atoms with E-state index in [1.807, 2.05) is 13.0 Å². The van der Waals surface area contributed by atoms with Gasteiger partial charge in [0.15, 0.2) is 5.82 Å².